The van der Waals surface area contributed by atoms with Crippen molar-refractivity contribution in [3.63, 3.8) is 0 Å². The summed E-state index contributed by atoms with van der Waals surface area (Å²) in [5.41, 5.74) is 2.49. The Morgan fingerprint density at radius 1 is 1.05 bits per heavy atom. The highest BCUT2D eigenvalue weighted by Crippen LogP contribution is 2.28. The molecule has 8 heteroatoms. The average molecular weight is 547 g/mol. The predicted octanol–water partition coefficient (Wildman–Crippen LogP) is 5.28. The number of nitrogens with zero attached hydrogens (tertiary/aromatic N) is 2. The van der Waals surface area contributed by atoms with Gasteiger partial charge >= 0.3 is 6.09 Å². The maximum absolute atomic E-state index is 14.3. The maximum Gasteiger partial charge on any atom is 0.408 e. The van der Waals surface area contributed by atoms with Gasteiger partial charge in [0.2, 0.25) is 11.8 Å². The van der Waals surface area contributed by atoms with Gasteiger partial charge in [0.05, 0.1) is 6.07 Å². The van der Waals surface area contributed by atoms with Gasteiger partial charge in [0.25, 0.3) is 0 Å². The van der Waals surface area contributed by atoms with Crippen LogP contribution in [0, 0.1) is 25.2 Å². The zero-order valence-corrected chi connectivity index (χ0v) is 24.3. The largest absolute Gasteiger partial charge is 0.444 e. The fraction of sp³-hybridized carbons (Fsp3) is 0.500. The second-order valence-electron chi connectivity index (χ2n) is 11.6. The third kappa shape index (κ3) is 8.84. The highest BCUT2D eigenvalue weighted by Gasteiger charge is 2.37. The lowest BCUT2D eigenvalue weighted by Gasteiger charge is -2.35. The first-order valence-corrected chi connectivity index (χ1v) is 14.1. The molecule has 0 aromatic heterocycles. The van der Waals surface area contributed by atoms with Crippen LogP contribution in [0.5, 0.6) is 0 Å². The van der Waals surface area contributed by atoms with E-state index in [1.54, 1.807) is 20.8 Å². The number of nitrogens with one attached hydrogen (secondary N) is 2. The van der Waals surface area contributed by atoms with Crippen LogP contribution in [0.25, 0.3) is 0 Å². The van der Waals surface area contributed by atoms with E-state index >= 15 is 0 Å². The Hall–Kier alpha value is -3.86. The highest BCUT2D eigenvalue weighted by molar-refractivity contribution is 5.92. The molecule has 1 aliphatic carbocycles. The SMILES string of the molecule is Cc1ccc(C)c(C(C(=O)NC2CCCCC2)N(CC#N)C(=O)C(Cc2ccccc2)NC(=O)OC(C)(C)C)c1. The van der Waals surface area contributed by atoms with Crippen molar-refractivity contribution in [3.8, 4) is 6.07 Å². The Bertz CT molecular complexity index is 1210. The zero-order chi connectivity index (χ0) is 29.3. The number of hydrogen-bond acceptors (Lipinski definition) is 5. The van der Waals surface area contributed by atoms with Gasteiger partial charge in [-0.15, -0.1) is 0 Å². The summed E-state index contributed by atoms with van der Waals surface area (Å²) >= 11 is 0. The first kappa shape index (κ1) is 30.7. The van der Waals surface area contributed by atoms with Crippen LogP contribution in [0.1, 0.15) is 81.2 Å². The molecule has 1 saturated carbocycles. The fourth-order valence-corrected chi connectivity index (χ4v) is 5.10. The maximum atomic E-state index is 14.3. The van der Waals surface area contributed by atoms with Crippen molar-refractivity contribution in [2.24, 2.45) is 0 Å². The number of benzene rings is 2. The molecule has 1 aliphatic rings. The topological polar surface area (TPSA) is 112 Å². The van der Waals surface area contributed by atoms with Gasteiger partial charge in [-0.1, -0.05) is 73.4 Å². The first-order valence-electron chi connectivity index (χ1n) is 14.1. The van der Waals surface area contributed by atoms with Gasteiger partial charge in [0.1, 0.15) is 24.2 Å². The van der Waals surface area contributed by atoms with Crippen molar-refractivity contribution in [3.05, 3.63) is 70.8 Å². The van der Waals surface area contributed by atoms with Gasteiger partial charge in [0.15, 0.2) is 0 Å². The summed E-state index contributed by atoms with van der Waals surface area (Å²) in [6.07, 6.45) is 4.42. The summed E-state index contributed by atoms with van der Waals surface area (Å²) in [6.45, 7) is 8.73. The number of amides is 3. The molecule has 2 aromatic rings. The van der Waals surface area contributed by atoms with Crippen molar-refractivity contribution in [1.29, 1.82) is 5.26 Å². The summed E-state index contributed by atoms with van der Waals surface area (Å²) in [5, 5.41) is 15.7. The second kappa shape index (κ2) is 14.0. The molecule has 8 nitrogen and oxygen atoms in total. The van der Waals surface area contributed by atoms with Gasteiger partial charge in [0, 0.05) is 12.5 Å². The van der Waals surface area contributed by atoms with E-state index in [-0.39, 0.29) is 24.9 Å². The standard InChI is InChI=1S/C32H42N4O4/c1-22-16-17-23(2)26(20-22)28(29(37)34-25-14-10-7-11-15-25)36(19-18-33)30(38)27(21-24-12-8-6-9-13-24)35-31(39)40-32(3,4)5/h6,8-9,12-13,16-17,20,25,27-28H,7,10-11,14-15,19,21H2,1-5H3,(H,34,37)(H,35,39). The molecule has 0 aliphatic heterocycles. The van der Waals surface area contributed by atoms with Crippen LogP contribution < -0.4 is 10.6 Å². The molecule has 2 N–H and O–H groups in total. The van der Waals surface area contributed by atoms with Crippen LogP contribution in [0.3, 0.4) is 0 Å². The molecular weight excluding hydrogens is 504 g/mol. The summed E-state index contributed by atoms with van der Waals surface area (Å²) in [5.74, 6) is -0.846. The van der Waals surface area contributed by atoms with Crippen LogP contribution in [0.4, 0.5) is 4.79 Å². The normalized spacial score (nSPS) is 15.3. The van der Waals surface area contributed by atoms with Crippen molar-refractivity contribution in [1.82, 2.24) is 15.5 Å². The molecule has 0 saturated heterocycles. The number of carbonyl (C=O) groups excluding carboxylic acids is 3. The molecule has 0 spiro atoms. The van der Waals surface area contributed by atoms with E-state index in [9.17, 15) is 19.6 Å². The minimum absolute atomic E-state index is 0.0212. The van der Waals surface area contributed by atoms with E-state index < -0.39 is 29.7 Å². The van der Waals surface area contributed by atoms with Gasteiger partial charge in [-0.25, -0.2) is 4.79 Å². The molecule has 0 bridgehead atoms. The molecule has 3 amide bonds. The van der Waals surface area contributed by atoms with Crippen molar-refractivity contribution in [2.45, 2.75) is 96.9 Å². The minimum atomic E-state index is -1.05. The van der Waals surface area contributed by atoms with Crippen molar-refractivity contribution < 1.29 is 19.1 Å². The van der Waals surface area contributed by atoms with Crippen molar-refractivity contribution in [2.75, 3.05) is 6.54 Å². The summed E-state index contributed by atoms with van der Waals surface area (Å²) in [6, 6.07) is 15.1. The predicted molar refractivity (Wildman–Crippen MR) is 154 cm³/mol. The Kier molecular flexibility index (Phi) is 10.7. The lowest BCUT2D eigenvalue weighted by atomic mass is 9.93. The lowest BCUT2D eigenvalue weighted by molar-refractivity contribution is -0.142. The van der Waals surface area contributed by atoms with E-state index in [0.29, 0.717) is 5.56 Å². The molecule has 3 rings (SSSR count). The van der Waals surface area contributed by atoms with Crippen LogP contribution in [-0.2, 0) is 20.7 Å². The van der Waals surface area contributed by atoms with E-state index in [0.717, 1.165) is 48.8 Å². The van der Waals surface area contributed by atoms with E-state index in [2.05, 4.69) is 16.7 Å². The Morgan fingerprint density at radius 3 is 2.35 bits per heavy atom. The smallest absolute Gasteiger partial charge is 0.408 e. The molecule has 2 aromatic carbocycles. The number of nitriles is 1. The van der Waals surface area contributed by atoms with Crippen LogP contribution in [0.15, 0.2) is 48.5 Å². The van der Waals surface area contributed by atoms with E-state index in [1.165, 1.54) is 4.90 Å². The van der Waals surface area contributed by atoms with Gasteiger partial charge in [-0.2, -0.15) is 5.26 Å². The number of ether oxygens (including phenoxy) is 1. The Morgan fingerprint density at radius 2 is 1.73 bits per heavy atom. The third-order valence-corrected chi connectivity index (χ3v) is 7.04. The fourth-order valence-electron chi connectivity index (χ4n) is 5.10. The number of alkyl carbamates (subject to hydrolysis) is 1. The third-order valence-electron chi connectivity index (χ3n) is 7.04. The van der Waals surface area contributed by atoms with Crippen LogP contribution >= 0.6 is 0 Å². The molecule has 214 valence electrons. The molecule has 40 heavy (non-hydrogen) atoms. The van der Waals surface area contributed by atoms with Crippen LogP contribution in [-0.4, -0.2) is 47.0 Å². The van der Waals surface area contributed by atoms with Crippen molar-refractivity contribution >= 4 is 17.9 Å². The van der Waals surface area contributed by atoms with Gasteiger partial charge < -0.3 is 20.3 Å². The summed E-state index contributed by atoms with van der Waals surface area (Å²) in [4.78, 5) is 42.4. The average Bonchev–Trinajstić information content (AvgIpc) is 2.89. The molecule has 2 unspecified atom stereocenters. The highest BCUT2D eigenvalue weighted by atomic mass is 16.6. The van der Waals surface area contributed by atoms with Gasteiger partial charge in [-0.05, 0) is 64.2 Å². The Balaban J connectivity index is 2.02. The molecule has 1 fully saturated rings. The van der Waals surface area contributed by atoms with E-state index in [4.69, 9.17) is 4.74 Å². The van der Waals surface area contributed by atoms with E-state index in [1.807, 2.05) is 62.4 Å². The quantitative estimate of drug-likeness (QED) is 0.416. The van der Waals surface area contributed by atoms with Gasteiger partial charge in [-0.3, -0.25) is 9.59 Å². The zero-order valence-electron chi connectivity index (χ0n) is 24.3. The minimum Gasteiger partial charge on any atom is -0.444 e. The number of aryl methyl sites for hydroxylation is 2. The molecule has 0 radical (unpaired) electrons. The second-order valence-corrected chi connectivity index (χ2v) is 11.6. The first-order chi connectivity index (χ1) is 19.0. The van der Waals surface area contributed by atoms with Crippen LogP contribution in [0.2, 0.25) is 0 Å². The molecular formula is C32H42N4O4. The number of carbonyl (C=O) groups is 3. The number of rotatable bonds is 9. The number of hydrogen-bond donors (Lipinski definition) is 2. The molecule has 2 atom stereocenters. The summed E-state index contributed by atoms with van der Waals surface area (Å²) < 4.78 is 5.46. The Labute approximate surface area is 238 Å². The molecule has 0 heterocycles. The lowest BCUT2D eigenvalue weighted by Crippen LogP contribution is -2.54. The monoisotopic (exact) mass is 546 g/mol. The summed E-state index contributed by atoms with van der Waals surface area (Å²) in [7, 11) is 0.